The van der Waals surface area contributed by atoms with Crippen molar-refractivity contribution in [3.63, 3.8) is 0 Å². The smallest absolute Gasteiger partial charge is 0.278 e. The predicted octanol–water partition coefficient (Wildman–Crippen LogP) is 1.06. The third-order valence-corrected chi connectivity index (χ3v) is 4.13. The first-order valence-corrected chi connectivity index (χ1v) is 7.99. The molecule has 1 amide bonds. The highest BCUT2D eigenvalue weighted by Gasteiger charge is 2.15. The van der Waals surface area contributed by atoms with Crippen LogP contribution in [0.2, 0.25) is 0 Å². The number of rotatable bonds is 4. The average molecular weight is 326 g/mol. The summed E-state index contributed by atoms with van der Waals surface area (Å²) in [5.74, 6) is -0.221. The van der Waals surface area contributed by atoms with E-state index in [9.17, 15) is 4.79 Å². The number of piperazine rings is 1. The van der Waals surface area contributed by atoms with E-state index in [1.165, 1.54) is 18.0 Å². The zero-order valence-corrected chi connectivity index (χ0v) is 13.8. The van der Waals surface area contributed by atoms with Crippen LogP contribution in [0.3, 0.4) is 0 Å². The topological polar surface area (TPSA) is 87.4 Å². The Hall–Kier alpha value is -2.51. The van der Waals surface area contributed by atoms with Crippen molar-refractivity contribution in [3.05, 3.63) is 47.9 Å². The molecule has 1 aromatic heterocycles. The molecule has 0 aliphatic carbocycles. The van der Waals surface area contributed by atoms with Crippen molar-refractivity contribution in [2.45, 2.75) is 6.54 Å². The predicted molar refractivity (Wildman–Crippen MR) is 93.6 cm³/mol. The second kappa shape index (κ2) is 7.37. The summed E-state index contributed by atoms with van der Waals surface area (Å²) >= 11 is 0. The van der Waals surface area contributed by atoms with Crippen LogP contribution in [-0.4, -0.2) is 58.9 Å². The van der Waals surface area contributed by atoms with Gasteiger partial charge in [-0.25, -0.2) is 9.97 Å². The highest BCUT2D eigenvalue weighted by molar-refractivity contribution is 6.05. The summed E-state index contributed by atoms with van der Waals surface area (Å²) in [6, 6.07) is 7.87. The number of hydrogen-bond donors (Lipinski definition) is 2. The monoisotopic (exact) mass is 326 g/mol. The molecular formula is C17H22N6O. The number of anilines is 2. The van der Waals surface area contributed by atoms with E-state index in [-0.39, 0.29) is 17.4 Å². The molecule has 7 nitrogen and oxygen atoms in total. The molecule has 0 saturated carbocycles. The highest BCUT2D eigenvalue weighted by Crippen LogP contribution is 2.15. The molecule has 3 N–H and O–H groups in total. The average Bonchev–Trinajstić information content (AvgIpc) is 2.58. The van der Waals surface area contributed by atoms with Gasteiger partial charge in [0.25, 0.3) is 5.91 Å². The maximum atomic E-state index is 12.3. The molecule has 0 atom stereocenters. The summed E-state index contributed by atoms with van der Waals surface area (Å²) in [5, 5.41) is 2.84. The van der Waals surface area contributed by atoms with Gasteiger partial charge >= 0.3 is 0 Å². The Balaban J connectivity index is 1.65. The van der Waals surface area contributed by atoms with E-state index in [0.29, 0.717) is 0 Å². The van der Waals surface area contributed by atoms with Crippen molar-refractivity contribution in [1.82, 2.24) is 19.8 Å². The summed E-state index contributed by atoms with van der Waals surface area (Å²) in [4.78, 5) is 24.9. The van der Waals surface area contributed by atoms with E-state index in [2.05, 4.69) is 38.2 Å². The Labute approximate surface area is 141 Å². The zero-order valence-electron chi connectivity index (χ0n) is 13.8. The van der Waals surface area contributed by atoms with Crippen LogP contribution < -0.4 is 11.1 Å². The Morgan fingerprint density at radius 1 is 1.21 bits per heavy atom. The van der Waals surface area contributed by atoms with E-state index in [0.717, 1.165) is 38.4 Å². The molecule has 0 unspecified atom stereocenters. The number of nitrogens with two attached hydrogens (primary N) is 1. The lowest BCUT2D eigenvalue weighted by Crippen LogP contribution is -2.43. The molecule has 126 valence electrons. The molecule has 7 heteroatoms. The highest BCUT2D eigenvalue weighted by atomic mass is 16.1. The van der Waals surface area contributed by atoms with Crippen LogP contribution >= 0.6 is 0 Å². The zero-order chi connectivity index (χ0) is 16.9. The van der Waals surface area contributed by atoms with Crippen LogP contribution in [0.25, 0.3) is 0 Å². The fourth-order valence-corrected chi connectivity index (χ4v) is 2.73. The van der Waals surface area contributed by atoms with E-state index in [1.54, 1.807) is 0 Å². The molecule has 0 radical (unpaired) electrons. The Morgan fingerprint density at radius 2 is 1.96 bits per heavy atom. The number of aromatic nitrogens is 2. The largest absolute Gasteiger partial charge is 0.382 e. The minimum absolute atomic E-state index is 0.128. The third kappa shape index (κ3) is 4.06. The molecule has 1 saturated heterocycles. The van der Waals surface area contributed by atoms with Crippen molar-refractivity contribution in [2.75, 3.05) is 44.3 Å². The van der Waals surface area contributed by atoms with Gasteiger partial charge in [0, 0.05) is 50.8 Å². The number of carbonyl (C=O) groups is 1. The number of benzene rings is 1. The number of nitrogens with zero attached hydrogens (tertiary/aromatic N) is 4. The minimum atomic E-state index is -0.350. The summed E-state index contributed by atoms with van der Waals surface area (Å²) in [5.41, 5.74) is 7.74. The molecule has 1 fully saturated rings. The number of hydrogen-bond acceptors (Lipinski definition) is 6. The van der Waals surface area contributed by atoms with Gasteiger partial charge < -0.3 is 16.0 Å². The van der Waals surface area contributed by atoms with Crippen molar-refractivity contribution < 1.29 is 4.79 Å². The third-order valence-electron chi connectivity index (χ3n) is 4.13. The van der Waals surface area contributed by atoms with Crippen molar-refractivity contribution in [2.24, 2.45) is 0 Å². The van der Waals surface area contributed by atoms with Gasteiger partial charge in [-0.1, -0.05) is 12.1 Å². The molecule has 1 aliphatic rings. The lowest BCUT2D eigenvalue weighted by atomic mass is 10.1. The summed E-state index contributed by atoms with van der Waals surface area (Å²) < 4.78 is 0. The van der Waals surface area contributed by atoms with Gasteiger partial charge in [0.2, 0.25) is 0 Å². The quantitative estimate of drug-likeness (QED) is 0.873. The first-order valence-electron chi connectivity index (χ1n) is 7.99. The number of carbonyl (C=O) groups excluding carboxylic acids is 1. The van der Waals surface area contributed by atoms with Crippen LogP contribution in [0.15, 0.2) is 36.7 Å². The number of nitrogen functional groups attached to an aromatic ring is 1. The molecule has 0 bridgehead atoms. The van der Waals surface area contributed by atoms with Gasteiger partial charge in [-0.2, -0.15) is 0 Å². The molecule has 2 heterocycles. The molecule has 3 rings (SSSR count). The number of amides is 1. The molecule has 1 aromatic carbocycles. The standard InChI is InChI=1S/C17H22N6O/c1-22-7-9-23(10-8-22)12-13-3-2-4-14(11-13)21-17(24)15-16(18)20-6-5-19-15/h2-6,11H,7-10,12H2,1H3,(H2,18,20)(H,21,24). The normalized spacial score (nSPS) is 16.0. The van der Waals surface area contributed by atoms with Gasteiger partial charge in [-0.3, -0.25) is 9.69 Å². The molecule has 24 heavy (non-hydrogen) atoms. The minimum Gasteiger partial charge on any atom is -0.382 e. The Kier molecular flexibility index (Phi) is 5.02. The Bertz CT molecular complexity index is 712. The fraction of sp³-hybridized carbons (Fsp3) is 0.353. The van der Waals surface area contributed by atoms with Crippen molar-refractivity contribution in [3.8, 4) is 0 Å². The maximum Gasteiger partial charge on any atom is 0.278 e. The van der Waals surface area contributed by atoms with Gasteiger partial charge in [0.1, 0.15) is 0 Å². The lowest BCUT2D eigenvalue weighted by molar-refractivity contribution is 0.102. The maximum absolute atomic E-state index is 12.3. The second-order valence-electron chi connectivity index (χ2n) is 6.02. The number of nitrogens with one attached hydrogen (secondary N) is 1. The molecule has 1 aliphatic heterocycles. The summed E-state index contributed by atoms with van der Waals surface area (Å²) in [7, 11) is 2.14. The van der Waals surface area contributed by atoms with E-state index >= 15 is 0 Å². The van der Waals surface area contributed by atoms with Crippen molar-refractivity contribution >= 4 is 17.4 Å². The SMILES string of the molecule is CN1CCN(Cc2cccc(NC(=O)c3nccnc3N)c2)CC1. The van der Waals surface area contributed by atoms with Gasteiger partial charge in [-0.15, -0.1) is 0 Å². The van der Waals surface area contributed by atoms with Gasteiger partial charge in [-0.05, 0) is 24.7 Å². The van der Waals surface area contributed by atoms with Crippen LogP contribution in [0.4, 0.5) is 11.5 Å². The molecule has 0 spiro atoms. The fourth-order valence-electron chi connectivity index (χ4n) is 2.73. The summed E-state index contributed by atoms with van der Waals surface area (Å²) in [6.45, 7) is 5.17. The second-order valence-corrected chi connectivity index (χ2v) is 6.02. The number of likely N-dealkylation sites (N-methyl/N-ethyl adjacent to an activating group) is 1. The Morgan fingerprint density at radius 3 is 2.71 bits per heavy atom. The van der Waals surface area contributed by atoms with Crippen LogP contribution in [0.5, 0.6) is 0 Å². The van der Waals surface area contributed by atoms with E-state index in [4.69, 9.17) is 5.73 Å². The summed E-state index contributed by atoms with van der Waals surface area (Å²) in [6.07, 6.45) is 2.91. The molecule has 2 aromatic rings. The van der Waals surface area contributed by atoms with Crippen molar-refractivity contribution in [1.29, 1.82) is 0 Å². The first-order chi connectivity index (χ1) is 11.6. The van der Waals surface area contributed by atoms with Crippen LogP contribution in [-0.2, 0) is 6.54 Å². The van der Waals surface area contributed by atoms with Gasteiger partial charge in [0.05, 0.1) is 0 Å². The lowest BCUT2D eigenvalue weighted by Gasteiger charge is -2.32. The van der Waals surface area contributed by atoms with Gasteiger partial charge in [0.15, 0.2) is 11.5 Å². The van der Waals surface area contributed by atoms with E-state index in [1.807, 2.05) is 18.2 Å². The first kappa shape index (κ1) is 16.4. The van der Waals surface area contributed by atoms with Crippen LogP contribution in [0.1, 0.15) is 16.1 Å². The van der Waals surface area contributed by atoms with Crippen LogP contribution in [0, 0.1) is 0 Å². The molecular weight excluding hydrogens is 304 g/mol. The van der Waals surface area contributed by atoms with E-state index < -0.39 is 0 Å².